The second-order valence-corrected chi connectivity index (χ2v) is 13.7. The first-order valence-electron chi connectivity index (χ1n) is 18.5. The van der Waals surface area contributed by atoms with Gasteiger partial charge in [0, 0.05) is 13.1 Å². The third kappa shape index (κ3) is 10.2. The van der Waals surface area contributed by atoms with Crippen LogP contribution in [0, 0.1) is 0 Å². The van der Waals surface area contributed by atoms with Crippen LogP contribution in [0.15, 0.2) is 60.7 Å². The van der Waals surface area contributed by atoms with E-state index >= 15 is 0 Å². The van der Waals surface area contributed by atoms with Gasteiger partial charge in [0.25, 0.3) is 17.0 Å². The Morgan fingerprint density at radius 1 is 0.796 bits per heavy atom. The SMILES string of the molecule is CCCON.CCCONC(=O)[C@@H]1CC[C@@H]2CN1C(=O)N2OCc1ccccc1.O=C([C@@H]1CC[C@@H]2CN1C(=O)N2OCc1ccccc1)N1CCOC1=S. The zero-order chi connectivity index (χ0) is 38.5. The highest BCUT2D eigenvalue weighted by Crippen LogP contribution is 2.32. The van der Waals surface area contributed by atoms with Crippen molar-refractivity contribution in [3.63, 3.8) is 0 Å². The number of urea groups is 2. The largest absolute Gasteiger partial charge is 0.469 e. The number of ether oxygens (including phenoxy) is 1. The van der Waals surface area contributed by atoms with Crippen molar-refractivity contribution in [2.75, 3.05) is 39.5 Å². The quantitative estimate of drug-likeness (QED) is 0.173. The van der Waals surface area contributed by atoms with E-state index in [1.807, 2.05) is 74.5 Å². The van der Waals surface area contributed by atoms with Crippen LogP contribution in [-0.4, -0.2) is 117 Å². The number of nitrogens with zero attached hydrogens (tertiary/aromatic N) is 5. The molecule has 6 amide bonds. The molecule has 16 nitrogen and oxygen atoms in total. The maximum atomic E-state index is 12.7. The summed E-state index contributed by atoms with van der Waals surface area (Å²) < 4.78 is 5.19. The van der Waals surface area contributed by atoms with E-state index in [1.54, 1.807) is 9.80 Å². The zero-order valence-electron chi connectivity index (χ0n) is 30.9. The van der Waals surface area contributed by atoms with Crippen LogP contribution < -0.4 is 11.4 Å². The van der Waals surface area contributed by atoms with Crippen molar-refractivity contribution in [1.82, 2.24) is 30.3 Å². The number of carbonyl (C=O) groups is 4. The molecule has 5 fully saturated rings. The Hall–Kier alpha value is -4.39. The molecule has 2 aromatic carbocycles. The highest BCUT2D eigenvalue weighted by Gasteiger charge is 2.50. The number of piperidine rings is 2. The van der Waals surface area contributed by atoms with E-state index in [2.05, 4.69) is 16.2 Å². The van der Waals surface area contributed by atoms with E-state index in [0.717, 1.165) is 36.8 Å². The summed E-state index contributed by atoms with van der Waals surface area (Å²) in [6.45, 7) is 7.66. The first kappa shape index (κ1) is 40.8. The van der Waals surface area contributed by atoms with Gasteiger partial charge in [0.15, 0.2) is 0 Å². The van der Waals surface area contributed by atoms with Crippen molar-refractivity contribution in [2.45, 2.75) is 89.8 Å². The van der Waals surface area contributed by atoms with Crippen LogP contribution in [0.5, 0.6) is 0 Å². The van der Waals surface area contributed by atoms with Gasteiger partial charge in [0.2, 0.25) is 0 Å². The van der Waals surface area contributed by atoms with Crippen molar-refractivity contribution < 1.29 is 43.3 Å². The summed E-state index contributed by atoms with van der Waals surface area (Å²) in [6, 6.07) is 17.9. The monoisotopic (exact) mass is 769 g/mol. The van der Waals surface area contributed by atoms with Gasteiger partial charge in [-0.3, -0.25) is 29.0 Å². The topological polar surface area (TPSA) is 169 Å². The molecule has 17 heteroatoms. The second kappa shape index (κ2) is 20.3. The lowest BCUT2D eigenvalue weighted by molar-refractivity contribution is -0.141. The normalized spacial score (nSPS) is 22.7. The highest BCUT2D eigenvalue weighted by molar-refractivity contribution is 7.80. The smallest absolute Gasteiger partial charge is 0.345 e. The molecule has 0 aromatic heterocycles. The van der Waals surface area contributed by atoms with Gasteiger partial charge in [0.1, 0.15) is 31.9 Å². The first-order valence-corrected chi connectivity index (χ1v) is 18.9. The van der Waals surface area contributed by atoms with Gasteiger partial charge >= 0.3 is 12.1 Å². The number of amides is 6. The van der Waals surface area contributed by atoms with Crippen LogP contribution in [0.25, 0.3) is 0 Å². The molecule has 7 rings (SSSR count). The molecule has 0 spiro atoms. The molecule has 0 aliphatic carbocycles. The fourth-order valence-electron chi connectivity index (χ4n) is 6.75. The summed E-state index contributed by atoms with van der Waals surface area (Å²) in [5.41, 5.74) is 4.44. The summed E-state index contributed by atoms with van der Waals surface area (Å²) in [5.74, 6) is 4.22. The molecule has 5 aliphatic heterocycles. The molecule has 3 N–H and O–H groups in total. The van der Waals surface area contributed by atoms with E-state index in [9.17, 15) is 19.2 Å². The molecular weight excluding hydrogens is 719 g/mol. The maximum absolute atomic E-state index is 12.7. The number of hydrogen-bond acceptors (Lipinski definition) is 11. The summed E-state index contributed by atoms with van der Waals surface area (Å²) in [7, 11) is 0. The van der Waals surface area contributed by atoms with Crippen molar-refractivity contribution in [3.8, 4) is 0 Å². The number of nitrogens with one attached hydrogen (secondary N) is 1. The second-order valence-electron chi connectivity index (χ2n) is 13.3. The summed E-state index contributed by atoms with van der Waals surface area (Å²) in [5, 5.41) is 3.06. The predicted molar refractivity (Wildman–Crippen MR) is 199 cm³/mol. The predicted octanol–water partition coefficient (Wildman–Crippen LogP) is 3.66. The lowest BCUT2D eigenvalue weighted by Crippen LogP contribution is -2.51. The highest BCUT2D eigenvalue weighted by atomic mass is 32.1. The van der Waals surface area contributed by atoms with Gasteiger partial charge in [-0.25, -0.2) is 21.0 Å². The third-order valence-corrected chi connectivity index (χ3v) is 9.83. The number of carbonyl (C=O) groups excluding carboxylic acids is 4. The molecule has 0 radical (unpaired) electrons. The van der Waals surface area contributed by atoms with Crippen molar-refractivity contribution in [3.05, 3.63) is 71.8 Å². The number of benzene rings is 2. The average Bonchev–Trinajstić information content (AvgIpc) is 3.81. The number of hydrogen-bond donors (Lipinski definition) is 2. The van der Waals surface area contributed by atoms with Crippen molar-refractivity contribution >= 4 is 41.3 Å². The number of thiocarbonyl (C=S) groups is 1. The van der Waals surface area contributed by atoms with Gasteiger partial charge < -0.3 is 19.4 Å². The molecule has 4 atom stereocenters. The molecule has 5 aliphatic rings. The van der Waals surface area contributed by atoms with Crippen LogP contribution in [0.2, 0.25) is 0 Å². The van der Waals surface area contributed by atoms with Gasteiger partial charge in [-0.2, -0.15) is 10.1 Å². The Kier molecular flexibility index (Phi) is 15.4. The van der Waals surface area contributed by atoms with Crippen LogP contribution in [0.3, 0.4) is 0 Å². The van der Waals surface area contributed by atoms with E-state index in [0.29, 0.717) is 65.5 Å². The number of hydroxylamine groups is 5. The lowest BCUT2D eigenvalue weighted by Gasteiger charge is -2.31. The number of fused-ring (bicyclic) bond motifs is 4. The molecule has 0 saturated carbocycles. The van der Waals surface area contributed by atoms with E-state index in [1.165, 1.54) is 15.0 Å². The molecular formula is C37H51N7O9S. The fourth-order valence-corrected chi connectivity index (χ4v) is 7.01. The van der Waals surface area contributed by atoms with Crippen LogP contribution in [0.1, 0.15) is 63.5 Å². The van der Waals surface area contributed by atoms with Gasteiger partial charge in [-0.1, -0.05) is 74.5 Å². The summed E-state index contributed by atoms with van der Waals surface area (Å²) >= 11 is 5.06. The number of nitrogens with two attached hydrogens (primary N) is 1. The molecule has 0 unspecified atom stereocenters. The van der Waals surface area contributed by atoms with Gasteiger partial charge in [-0.05, 0) is 61.9 Å². The molecule has 5 heterocycles. The minimum Gasteiger partial charge on any atom is -0.469 e. The minimum atomic E-state index is -0.492. The Morgan fingerprint density at radius 3 is 1.78 bits per heavy atom. The minimum absolute atomic E-state index is 0.00169. The van der Waals surface area contributed by atoms with Crippen molar-refractivity contribution in [1.29, 1.82) is 0 Å². The summed E-state index contributed by atoms with van der Waals surface area (Å²) in [6.07, 6.45) is 4.51. The van der Waals surface area contributed by atoms with Crippen LogP contribution in [-0.2, 0) is 46.9 Å². The Balaban J connectivity index is 0.000000185. The Morgan fingerprint density at radius 2 is 1.31 bits per heavy atom. The van der Waals surface area contributed by atoms with Crippen LogP contribution >= 0.6 is 12.2 Å². The first-order chi connectivity index (χ1) is 26.3. The lowest BCUT2D eigenvalue weighted by atomic mass is 10.00. The summed E-state index contributed by atoms with van der Waals surface area (Å²) in [4.78, 5) is 75.6. The standard InChI is InChI=1S/C17H19N3O4S.C17H23N3O4.C3H9NO/c21-15(18-8-9-23-17(18)25)14-7-6-13-10-19(14)16(22)20(13)24-11-12-4-2-1-3-5-12;1-2-10-23-18-16(21)15-9-8-14-11-19(15)17(22)20(14)24-12-13-6-4-3-5-7-13;1-2-3-5-4/h1-5,13-14H,6-11H2;3-7,14-15H,2,8-12H2,1H3,(H,18,21);2-4H2,1H3/t13-,14+;14-,15+;/m11./s1. The zero-order valence-corrected chi connectivity index (χ0v) is 31.7. The fraction of sp³-hybridized carbons (Fsp3) is 0.541. The molecule has 54 heavy (non-hydrogen) atoms. The third-order valence-electron chi connectivity index (χ3n) is 9.49. The van der Waals surface area contributed by atoms with Crippen LogP contribution in [0.4, 0.5) is 9.59 Å². The van der Waals surface area contributed by atoms with Crippen molar-refractivity contribution in [2.24, 2.45) is 5.90 Å². The molecule has 2 aromatic rings. The molecule has 4 bridgehead atoms. The molecule has 5 saturated heterocycles. The Labute approximate surface area is 321 Å². The van der Waals surface area contributed by atoms with Gasteiger partial charge in [0.05, 0.1) is 31.8 Å². The average molecular weight is 770 g/mol. The van der Waals surface area contributed by atoms with Gasteiger partial charge in [-0.15, -0.1) is 0 Å². The van der Waals surface area contributed by atoms with E-state index < -0.39 is 12.1 Å². The van der Waals surface area contributed by atoms with E-state index in [4.69, 9.17) is 31.5 Å². The number of rotatable bonds is 13. The molecule has 294 valence electrons. The van der Waals surface area contributed by atoms with E-state index in [-0.39, 0.29) is 41.1 Å². The maximum Gasteiger partial charge on any atom is 0.345 e. The Bertz CT molecular complexity index is 1560.